The van der Waals surface area contributed by atoms with Gasteiger partial charge in [0.15, 0.2) is 6.07 Å². The van der Waals surface area contributed by atoms with Gasteiger partial charge in [-0.25, -0.2) is 4.79 Å². The van der Waals surface area contributed by atoms with Gasteiger partial charge >= 0.3 is 6.09 Å². The van der Waals surface area contributed by atoms with Crippen LogP contribution in [0.5, 0.6) is 0 Å². The van der Waals surface area contributed by atoms with Crippen molar-refractivity contribution in [2.24, 2.45) is 5.73 Å². The number of hydrogen-bond donors (Lipinski definition) is 2. The van der Waals surface area contributed by atoms with Crippen molar-refractivity contribution >= 4 is 23.6 Å². The van der Waals surface area contributed by atoms with E-state index >= 15 is 0 Å². The fourth-order valence-electron chi connectivity index (χ4n) is 0.554. The van der Waals surface area contributed by atoms with Gasteiger partial charge in [-0.15, -0.1) is 0 Å². The summed E-state index contributed by atoms with van der Waals surface area (Å²) in [5.74, 6) is -0.387. The molecule has 0 aliphatic rings. The van der Waals surface area contributed by atoms with Crippen molar-refractivity contribution in [3.63, 3.8) is 0 Å². The van der Waals surface area contributed by atoms with Gasteiger partial charge in [0.05, 0.1) is 0 Å². The molecule has 0 rings (SSSR count). The van der Waals surface area contributed by atoms with Gasteiger partial charge in [-0.05, 0) is 6.42 Å². The molecule has 0 radical (unpaired) electrons. The molecule has 0 atom stereocenters. The number of alkyl carbamates (subject to hydrolysis) is 1. The van der Waals surface area contributed by atoms with Crippen molar-refractivity contribution in [3.8, 4) is 0 Å². The summed E-state index contributed by atoms with van der Waals surface area (Å²) in [4.78, 5) is 20.8. The second kappa shape index (κ2) is 6.72. The summed E-state index contributed by atoms with van der Waals surface area (Å²) >= 11 is 5.10. The molecular weight excluding hydrogens is 184 g/mol. The molecule has 0 heterocycles. The Kier molecular flexibility index (Phi) is 6.18. The summed E-state index contributed by atoms with van der Waals surface area (Å²) in [6, 6.07) is -0.179. The van der Waals surface area contributed by atoms with Crippen LogP contribution in [0, 0.1) is 0 Å². The minimum atomic E-state index is -0.588. The predicted octanol–water partition coefficient (Wildman–Crippen LogP) is 0.174. The molecule has 2 amide bonds. The number of hydrogen-bond acceptors (Lipinski definition) is 3. The lowest BCUT2D eigenvalue weighted by atomic mass is 10.3. The van der Waals surface area contributed by atoms with Crippen molar-refractivity contribution in [1.29, 1.82) is 0 Å². The molecule has 0 aromatic carbocycles. The van der Waals surface area contributed by atoms with Crippen LogP contribution in [0.4, 0.5) is 4.79 Å². The third-order valence-electron chi connectivity index (χ3n) is 1.05. The number of carbonyl (C=O) groups excluding carboxylic acids is 2. The first-order valence-corrected chi connectivity index (χ1v) is 3.95. The lowest BCUT2D eigenvalue weighted by Gasteiger charge is -2.02. The summed E-state index contributed by atoms with van der Waals surface area (Å²) < 4.78 is 4.35. The first-order chi connectivity index (χ1) is 5.66. The Morgan fingerprint density at radius 3 is 2.67 bits per heavy atom. The van der Waals surface area contributed by atoms with Crippen molar-refractivity contribution < 1.29 is 14.3 Å². The Morgan fingerprint density at radius 1 is 1.50 bits per heavy atom. The summed E-state index contributed by atoms with van der Waals surface area (Å²) in [5.41, 5.74) is 4.86. The van der Waals surface area contributed by atoms with Crippen LogP contribution in [0.3, 0.4) is 0 Å². The Balaban J connectivity index is 3.19. The molecule has 12 heavy (non-hydrogen) atoms. The first kappa shape index (κ1) is 11.0. The van der Waals surface area contributed by atoms with Gasteiger partial charge in [-0.3, -0.25) is 4.79 Å². The van der Waals surface area contributed by atoms with Crippen LogP contribution < -0.4 is 11.1 Å². The maximum Gasteiger partial charge on any atom is 0.408 e. The van der Waals surface area contributed by atoms with Gasteiger partial charge in [-0.2, -0.15) is 0 Å². The zero-order valence-electron chi connectivity index (χ0n) is 6.51. The van der Waals surface area contributed by atoms with Crippen LogP contribution in [0.2, 0.25) is 0 Å². The molecule has 0 fully saturated rings. The van der Waals surface area contributed by atoms with E-state index in [2.05, 4.69) is 10.1 Å². The predicted molar refractivity (Wildman–Crippen MR) is 43.6 cm³/mol. The summed E-state index contributed by atoms with van der Waals surface area (Å²) in [6.07, 6.45) is 0.169. The molecular formula is C6H11ClN2O3. The van der Waals surface area contributed by atoms with Crippen molar-refractivity contribution in [3.05, 3.63) is 0 Å². The fraction of sp³-hybridized carbons (Fsp3) is 0.667. The van der Waals surface area contributed by atoms with Gasteiger partial charge in [0, 0.05) is 13.0 Å². The van der Waals surface area contributed by atoms with Gasteiger partial charge in [0.1, 0.15) is 0 Å². The molecule has 0 saturated carbocycles. The van der Waals surface area contributed by atoms with Crippen LogP contribution in [-0.4, -0.2) is 24.6 Å². The second-order valence-electron chi connectivity index (χ2n) is 2.04. The number of rotatable bonds is 5. The monoisotopic (exact) mass is 194 g/mol. The quantitative estimate of drug-likeness (QED) is 0.484. The van der Waals surface area contributed by atoms with Crippen LogP contribution in [-0.2, 0) is 9.53 Å². The van der Waals surface area contributed by atoms with Gasteiger partial charge in [-0.1, -0.05) is 11.6 Å². The van der Waals surface area contributed by atoms with Crippen LogP contribution >= 0.6 is 11.6 Å². The molecule has 3 N–H and O–H groups in total. The number of nitrogens with one attached hydrogen (secondary N) is 1. The number of primary amides is 1. The Bertz CT molecular complexity index is 163. The summed E-state index contributed by atoms with van der Waals surface area (Å²) in [7, 11) is 0. The standard InChI is InChI=1S/C6H11ClN2O3/c7-4-12-6(11)9-3-1-2-5(8)10/h1-4H2,(H2,8,10)(H,9,11). The molecule has 6 heteroatoms. The summed E-state index contributed by atoms with van der Waals surface area (Å²) in [6.45, 7) is 0.360. The van der Waals surface area contributed by atoms with E-state index in [9.17, 15) is 9.59 Å². The smallest absolute Gasteiger partial charge is 0.408 e. The van der Waals surface area contributed by atoms with Gasteiger partial charge < -0.3 is 15.8 Å². The van der Waals surface area contributed by atoms with Crippen LogP contribution in [0.15, 0.2) is 0 Å². The Morgan fingerprint density at radius 2 is 2.17 bits per heavy atom. The number of halogens is 1. The van der Waals surface area contributed by atoms with E-state index in [1.165, 1.54) is 0 Å². The highest BCUT2D eigenvalue weighted by molar-refractivity contribution is 6.17. The number of alkyl halides is 1. The summed E-state index contributed by atoms with van der Waals surface area (Å²) in [5, 5.41) is 2.39. The molecule has 5 nitrogen and oxygen atoms in total. The molecule has 0 saturated heterocycles. The fourth-order valence-corrected chi connectivity index (χ4v) is 0.653. The number of amides is 2. The minimum Gasteiger partial charge on any atom is -0.433 e. The molecule has 0 unspecified atom stereocenters. The van der Waals surface area contributed by atoms with Gasteiger partial charge in [0.2, 0.25) is 5.91 Å². The second-order valence-corrected chi connectivity index (χ2v) is 2.26. The van der Waals surface area contributed by atoms with E-state index in [0.717, 1.165) is 0 Å². The Labute approximate surface area is 75.2 Å². The first-order valence-electron chi connectivity index (χ1n) is 3.41. The number of carbonyl (C=O) groups is 2. The highest BCUT2D eigenvalue weighted by Gasteiger charge is 1.99. The lowest BCUT2D eigenvalue weighted by Crippen LogP contribution is -2.25. The normalized spacial score (nSPS) is 9.08. The van der Waals surface area contributed by atoms with Gasteiger partial charge in [0.25, 0.3) is 0 Å². The maximum atomic E-state index is 10.6. The van der Waals surface area contributed by atoms with E-state index in [1.54, 1.807) is 0 Å². The molecule has 0 spiro atoms. The van der Waals surface area contributed by atoms with Crippen LogP contribution in [0.25, 0.3) is 0 Å². The van der Waals surface area contributed by atoms with Crippen molar-refractivity contribution in [1.82, 2.24) is 5.32 Å². The van der Waals surface area contributed by atoms with E-state index in [0.29, 0.717) is 13.0 Å². The van der Waals surface area contributed by atoms with Crippen molar-refractivity contribution in [2.75, 3.05) is 12.6 Å². The maximum absolute atomic E-state index is 10.6. The number of nitrogens with two attached hydrogens (primary N) is 1. The topological polar surface area (TPSA) is 81.4 Å². The average molecular weight is 195 g/mol. The lowest BCUT2D eigenvalue weighted by molar-refractivity contribution is -0.118. The Hall–Kier alpha value is -0.970. The largest absolute Gasteiger partial charge is 0.433 e. The molecule has 0 aromatic rings. The third-order valence-corrected chi connectivity index (χ3v) is 1.16. The minimum absolute atomic E-state index is 0.179. The molecule has 70 valence electrons. The highest BCUT2D eigenvalue weighted by atomic mass is 35.5. The zero-order valence-corrected chi connectivity index (χ0v) is 7.26. The van der Waals surface area contributed by atoms with E-state index < -0.39 is 6.09 Å². The molecule has 0 aromatic heterocycles. The van der Waals surface area contributed by atoms with Crippen molar-refractivity contribution in [2.45, 2.75) is 12.8 Å². The SMILES string of the molecule is NC(=O)CCCNC(=O)OCCl. The van der Waals surface area contributed by atoms with E-state index in [-0.39, 0.29) is 18.4 Å². The number of ether oxygens (including phenoxy) is 1. The molecule has 0 aliphatic heterocycles. The zero-order chi connectivity index (χ0) is 9.40. The van der Waals surface area contributed by atoms with E-state index in [4.69, 9.17) is 17.3 Å². The molecule has 0 bridgehead atoms. The third kappa shape index (κ3) is 7.14. The van der Waals surface area contributed by atoms with Crippen LogP contribution in [0.1, 0.15) is 12.8 Å². The molecule has 0 aliphatic carbocycles. The average Bonchev–Trinajstić information content (AvgIpc) is 1.98. The van der Waals surface area contributed by atoms with E-state index in [1.807, 2.05) is 0 Å². The highest BCUT2D eigenvalue weighted by Crippen LogP contribution is 1.86.